The Labute approximate surface area is 131 Å². The number of aldehydes is 1. The summed E-state index contributed by atoms with van der Waals surface area (Å²) in [6.07, 6.45) is 1.33. The number of aryl methyl sites for hydroxylation is 1. The van der Waals surface area contributed by atoms with Gasteiger partial charge in [-0.25, -0.2) is 0 Å². The van der Waals surface area contributed by atoms with Gasteiger partial charge in [0, 0.05) is 25.6 Å². The highest BCUT2D eigenvalue weighted by molar-refractivity contribution is 5.99. The van der Waals surface area contributed by atoms with Crippen LogP contribution in [-0.2, 0) is 16.1 Å². The second-order valence-electron chi connectivity index (χ2n) is 5.01. The zero-order chi connectivity index (χ0) is 16.7. The van der Waals surface area contributed by atoms with Gasteiger partial charge in [0.15, 0.2) is 0 Å². The van der Waals surface area contributed by atoms with Crippen LogP contribution in [0.25, 0.3) is 0 Å². The van der Waals surface area contributed by atoms with Crippen LogP contribution < -0.4 is 5.32 Å². The summed E-state index contributed by atoms with van der Waals surface area (Å²) >= 11 is 0. The minimum atomic E-state index is -0.549. The van der Waals surface area contributed by atoms with Crippen LogP contribution in [0.5, 0.6) is 0 Å². The molecule has 1 heterocycles. The van der Waals surface area contributed by atoms with Crippen molar-refractivity contribution in [3.63, 3.8) is 0 Å². The Kier molecular flexibility index (Phi) is 6.76. The molecular weight excluding hydrogens is 280 g/mol. The van der Waals surface area contributed by atoms with Gasteiger partial charge in [-0.1, -0.05) is 31.5 Å². The van der Waals surface area contributed by atoms with E-state index in [9.17, 15) is 14.4 Å². The molecule has 0 aromatic heterocycles. The van der Waals surface area contributed by atoms with E-state index in [0.717, 1.165) is 17.4 Å². The molecule has 0 saturated carbocycles. The van der Waals surface area contributed by atoms with Crippen LogP contribution in [0, 0.1) is 6.92 Å². The number of nitrogens with zero attached hydrogens (tertiary/aromatic N) is 1. The van der Waals surface area contributed by atoms with Crippen LogP contribution >= 0.6 is 0 Å². The van der Waals surface area contributed by atoms with Crippen molar-refractivity contribution >= 4 is 18.1 Å². The Balaban J connectivity index is 0.00000116. The van der Waals surface area contributed by atoms with Crippen molar-refractivity contribution in [3.8, 4) is 0 Å². The molecule has 1 aromatic rings. The van der Waals surface area contributed by atoms with Crippen molar-refractivity contribution in [3.05, 3.63) is 34.9 Å². The fourth-order valence-corrected chi connectivity index (χ4v) is 2.44. The van der Waals surface area contributed by atoms with Gasteiger partial charge in [-0.2, -0.15) is 0 Å². The van der Waals surface area contributed by atoms with Crippen LogP contribution in [0.4, 0.5) is 0 Å². The molecule has 1 aliphatic heterocycles. The number of hydrogen-bond donors (Lipinski definition) is 1. The zero-order valence-electron chi connectivity index (χ0n) is 13.7. The normalized spacial score (nSPS) is 13.8. The number of nitrogens with one attached hydrogen (secondary N) is 1. The van der Waals surface area contributed by atoms with E-state index in [-0.39, 0.29) is 18.2 Å². The molecule has 2 rings (SSSR count). The maximum absolute atomic E-state index is 12.3. The molecule has 120 valence electrons. The van der Waals surface area contributed by atoms with E-state index < -0.39 is 6.04 Å². The number of carbonyl (C=O) groups excluding carboxylic acids is 3. The lowest BCUT2D eigenvalue weighted by Gasteiger charge is -2.22. The fraction of sp³-hybridized carbons (Fsp3) is 0.471. The van der Waals surface area contributed by atoms with E-state index in [1.54, 1.807) is 18.0 Å². The number of fused-ring (bicyclic) bond motifs is 1. The molecule has 0 fully saturated rings. The lowest BCUT2D eigenvalue weighted by molar-refractivity contribution is -0.121. The van der Waals surface area contributed by atoms with Gasteiger partial charge in [0.2, 0.25) is 5.91 Å². The first-order valence-electron chi connectivity index (χ1n) is 7.63. The average molecular weight is 304 g/mol. The predicted octanol–water partition coefficient (Wildman–Crippen LogP) is 2.07. The van der Waals surface area contributed by atoms with Gasteiger partial charge in [0.25, 0.3) is 5.91 Å². The third kappa shape index (κ3) is 3.93. The predicted molar refractivity (Wildman–Crippen MR) is 85.6 cm³/mol. The topological polar surface area (TPSA) is 66.5 Å². The Morgan fingerprint density at radius 3 is 2.68 bits per heavy atom. The Bertz CT molecular complexity index is 555. The van der Waals surface area contributed by atoms with Crippen LogP contribution in [0.15, 0.2) is 18.2 Å². The summed E-state index contributed by atoms with van der Waals surface area (Å²) in [5.74, 6) is -0.258. The zero-order valence-corrected chi connectivity index (χ0v) is 13.7. The van der Waals surface area contributed by atoms with Crippen LogP contribution in [0.1, 0.15) is 48.2 Å². The van der Waals surface area contributed by atoms with Crippen LogP contribution in [0.3, 0.4) is 0 Å². The molecule has 1 aliphatic rings. The summed E-state index contributed by atoms with van der Waals surface area (Å²) in [4.78, 5) is 36.3. The quantitative estimate of drug-likeness (QED) is 0.847. The molecule has 22 heavy (non-hydrogen) atoms. The van der Waals surface area contributed by atoms with Crippen molar-refractivity contribution in [2.75, 3.05) is 7.05 Å². The molecule has 1 aromatic carbocycles. The molecule has 0 aliphatic carbocycles. The van der Waals surface area contributed by atoms with E-state index in [0.29, 0.717) is 18.5 Å². The molecule has 5 heteroatoms. The number of carbonyl (C=O) groups is 3. The van der Waals surface area contributed by atoms with E-state index in [4.69, 9.17) is 0 Å². The van der Waals surface area contributed by atoms with Gasteiger partial charge in [0.1, 0.15) is 6.29 Å². The Morgan fingerprint density at radius 2 is 2.09 bits per heavy atom. The van der Waals surface area contributed by atoms with Crippen molar-refractivity contribution in [1.82, 2.24) is 10.2 Å². The largest absolute Gasteiger partial charge is 0.359 e. The molecule has 0 saturated heterocycles. The highest BCUT2D eigenvalue weighted by atomic mass is 16.2. The molecule has 0 spiro atoms. The Hall–Kier alpha value is -2.17. The summed E-state index contributed by atoms with van der Waals surface area (Å²) < 4.78 is 0. The highest BCUT2D eigenvalue weighted by Crippen LogP contribution is 2.26. The van der Waals surface area contributed by atoms with E-state index in [2.05, 4.69) is 5.32 Å². The molecule has 0 bridgehead atoms. The molecular formula is C17H24N2O3. The molecule has 2 amide bonds. The minimum absolute atomic E-state index is 0.128. The SMILES string of the molecule is CC.CNC(=O)CCC(C=O)N1Cc2cc(C)ccc2C1=O. The number of hydrogen-bond acceptors (Lipinski definition) is 3. The molecule has 1 atom stereocenters. The van der Waals surface area contributed by atoms with Gasteiger partial charge in [0.05, 0.1) is 6.04 Å². The second kappa shape index (κ2) is 8.32. The van der Waals surface area contributed by atoms with E-state index >= 15 is 0 Å². The summed E-state index contributed by atoms with van der Waals surface area (Å²) in [5.41, 5.74) is 2.69. The smallest absolute Gasteiger partial charge is 0.255 e. The van der Waals surface area contributed by atoms with Gasteiger partial charge in [-0.3, -0.25) is 9.59 Å². The average Bonchev–Trinajstić information content (AvgIpc) is 2.86. The fourth-order valence-electron chi connectivity index (χ4n) is 2.44. The van der Waals surface area contributed by atoms with Crippen LogP contribution in [-0.4, -0.2) is 36.1 Å². The maximum atomic E-state index is 12.3. The molecule has 1 unspecified atom stereocenters. The highest BCUT2D eigenvalue weighted by Gasteiger charge is 2.32. The third-order valence-electron chi connectivity index (χ3n) is 3.60. The first kappa shape index (κ1) is 17.9. The lowest BCUT2D eigenvalue weighted by Crippen LogP contribution is -2.37. The summed E-state index contributed by atoms with van der Waals surface area (Å²) in [6.45, 7) is 6.41. The third-order valence-corrected chi connectivity index (χ3v) is 3.60. The van der Waals surface area contributed by atoms with Gasteiger partial charge in [-0.15, -0.1) is 0 Å². The first-order valence-corrected chi connectivity index (χ1v) is 7.63. The molecule has 0 radical (unpaired) electrons. The van der Waals surface area contributed by atoms with Crippen molar-refractivity contribution in [1.29, 1.82) is 0 Å². The summed E-state index contributed by atoms with van der Waals surface area (Å²) in [7, 11) is 1.55. The monoisotopic (exact) mass is 304 g/mol. The first-order chi connectivity index (χ1) is 10.6. The van der Waals surface area contributed by atoms with Crippen LogP contribution in [0.2, 0.25) is 0 Å². The molecule has 1 N–H and O–H groups in total. The Morgan fingerprint density at radius 1 is 1.41 bits per heavy atom. The summed E-state index contributed by atoms with van der Waals surface area (Å²) in [6, 6.07) is 5.11. The number of amides is 2. The van der Waals surface area contributed by atoms with Gasteiger partial charge >= 0.3 is 0 Å². The van der Waals surface area contributed by atoms with Crippen molar-refractivity contribution < 1.29 is 14.4 Å². The second-order valence-corrected chi connectivity index (χ2v) is 5.01. The number of benzene rings is 1. The van der Waals surface area contributed by atoms with Gasteiger partial charge in [-0.05, 0) is 25.0 Å². The van der Waals surface area contributed by atoms with E-state index in [1.807, 2.05) is 32.9 Å². The summed E-state index contributed by atoms with van der Waals surface area (Å²) in [5, 5.41) is 2.51. The van der Waals surface area contributed by atoms with E-state index in [1.165, 1.54) is 0 Å². The minimum Gasteiger partial charge on any atom is -0.359 e. The number of rotatable bonds is 5. The standard InChI is InChI=1S/C15H18N2O3.C2H6/c1-10-3-5-13-11(7-10)8-17(15(13)20)12(9-18)4-6-14(19)16-2;1-2/h3,5,7,9,12H,4,6,8H2,1-2H3,(H,16,19);1-2H3. The molecule has 5 nitrogen and oxygen atoms in total. The maximum Gasteiger partial charge on any atom is 0.255 e. The van der Waals surface area contributed by atoms with Crippen molar-refractivity contribution in [2.45, 2.75) is 46.2 Å². The van der Waals surface area contributed by atoms with Gasteiger partial charge < -0.3 is 15.0 Å². The lowest BCUT2D eigenvalue weighted by atomic mass is 10.1. The van der Waals surface area contributed by atoms with Crippen molar-refractivity contribution in [2.24, 2.45) is 0 Å².